The number of furan rings is 1. The fourth-order valence-electron chi connectivity index (χ4n) is 3.56. The molecule has 7 nitrogen and oxygen atoms in total. The van der Waals surface area contributed by atoms with E-state index in [1.807, 2.05) is 25.1 Å². The smallest absolute Gasteiger partial charge is 0.338 e. The summed E-state index contributed by atoms with van der Waals surface area (Å²) >= 11 is 1.25. The zero-order valence-electron chi connectivity index (χ0n) is 18.0. The molecule has 164 valence electrons. The fourth-order valence-corrected chi connectivity index (χ4v) is 4.58. The molecule has 0 aliphatic carbocycles. The Kier molecular flexibility index (Phi) is 5.96. The van der Waals surface area contributed by atoms with E-state index >= 15 is 0 Å². The minimum atomic E-state index is -0.685. The lowest BCUT2D eigenvalue weighted by molar-refractivity contribution is -0.138. The Hall–Kier alpha value is -3.65. The third kappa shape index (κ3) is 3.97. The van der Waals surface area contributed by atoms with Gasteiger partial charge in [0.1, 0.15) is 23.9 Å². The number of carbonyl (C=O) groups is 1. The molecule has 1 aliphatic rings. The minimum Gasteiger partial charge on any atom is -0.497 e. The van der Waals surface area contributed by atoms with Gasteiger partial charge in [0.2, 0.25) is 0 Å². The van der Waals surface area contributed by atoms with Crippen molar-refractivity contribution in [2.75, 3.05) is 13.7 Å². The van der Waals surface area contributed by atoms with Crippen LogP contribution in [-0.2, 0) is 9.53 Å². The Balaban J connectivity index is 1.92. The summed E-state index contributed by atoms with van der Waals surface area (Å²) in [7, 11) is 1.58. The van der Waals surface area contributed by atoms with Crippen molar-refractivity contribution in [1.82, 2.24) is 4.57 Å². The van der Waals surface area contributed by atoms with Gasteiger partial charge >= 0.3 is 5.97 Å². The number of aryl methyl sites for hydroxylation is 1. The SMILES string of the molecule is C=CCOC(=O)C1=C(C)N=c2s/c(=C/c3ccc(C)o3)c(=O)n2[C@H]1c1ccc(OC)cc1. The van der Waals surface area contributed by atoms with Gasteiger partial charge in [-0.15, -0.1) is 0 Å². The van der Waals surface area contributed by atoms with Gasteiger partial charge in [-0.2, -0.15) is 0 Å². The van der Waals surface area contributed by atoms with E-state index in [0.29, 0.717) is 32.1 Å². The van der Waals surface area contributed by atoms with Gasteiger partial charge in [0, 0.05) is 6.08 Å². The molecule has 0 radical (unpaired) electrons. The van der Waals surface area contributed by atoms with Gasteiger partial charge in [0.05, 0.1) is 29.0 Å². The van der Waals surface area contributed by atoms with Crippen molar-refractivity contribution in [3.63, 3.8) is 0 Å². The van der Waals surface area contributed by atoms with Crippen LogP contribution in [0.5, 0.6) is 5.75 Å². The van der Waals surface area contributed by atoms with Gasteiger partial charge in [-0.3, -0.25) is 9.36 Å². The molecule has 2 aromatic heterocycles. The number of rotatable bonds is 6. The second-order valence-corrected chi connectivity index (χ2v) is 8.20. The maximum atomic E-state index is 13.4. The number of allylic oxidation sites excluding steroid dienone is 1. The van der Waals surface area contributed by atoms with E-state index in [1.165, 1.54) is 22.0 Å². The Morgan fingerprint density at radius 1 is 1.25 bits per heavy atom. The van der Waals surface area contributed by atoms with Gasteiger partial charge in [-0.05, 0) is 43.7 Å². The van der Waals surface area contributed by atoms with Crippen molar-refractivity contribution in [2.45, 2.75) is 19.9 Å². The number of esters is 1. The molecule has 0 saturated carbocycles. The van der Waals surface area contributed by atoms with E-state index in [9.17, 15) is 9.59 Å². The van der Waals surface area contributed by atoms with Gasteiger partial charge in [0.25, 0.3) is 5.56 Å². The van der Waals surface area contributed by atoms with E-state index in [1.54, 1.807) is 38.3 Å². The molecular formula is C24H22N2O5S. The molecule has 8 heteroatoms. The molecular weight excluding hydrogens is 428 g/mol. The maximum Gasteiger partial charge on any atom is 0.338 e. The number of nitrogens with zero attached hydrogens (tertiary/aromatic N) is 2. The number of fused-ring (bicyclic) bond motifs is 1. The van der Waals surface area contributed by atoms with Crippen LogP contribution >= 0.6 is 11.3 Å². The summed E-state index contributed by atoms with van der Waals surface area (Å²) in [5, 5.41) is 0. The first kappa shape index (κ1) is 21.6. The highest BCUT2D eigenvalue weighted by Crippen LogP contribution is 2.31. The second-order valence-electron chi connectivity index (χ2n) is 7.19. The Morgan fingerprint density at radius 2 is 2.00 bits per heavy atom. The lowest BCUT2D eigenvalue weighted by Crippen LogP contribution is -2.39. The standard InChI is InChI=1S/C24H22N2O5S/c1-5-12-30-23(28)20-15(3)25-24-26(21(20)16-7-10-17(29-4)11-8-16)22(27)19(32-24)13-18-9-6-14(2)31-18/h5-11,13,21H,1,12H2,2-4H3/b19-13+/t21-/m0/s1. The highest BCUT2D eigenvalue weighted by atomic mass is 32.1. The first-order chi connectivity index (χ1) is 15.4. The number of hydrogen-bond donors (Lipinski definition) is 0. The Labute approximate surface area is 188 Å². The summed E-state index contributed by atoms with van der Waals surface area (Å²) in [6.07, 6.45) is 3.19. The number of methoxy groups -OCH3 is 1. The van der Waals surface area contributed by atoms with Crippen LogP contribution in [-0.4, -0.2) is 24.3 Å². The molecule has 32 heavy (non-hydrogen) atoms. The number of carbonyl (C=O) groups excluding carboxylic acids is 1. The zero-order valence-corrected chi connectivity index (χ0v) is 18.8. The van der Waals surface area contributed by atoms with Crippen molar-refractivity contribution < 1.29 is 18.7 Å². The largest absolute Gasteiger partial charge is 0.497 e. The average molecular weight is 451 g/mol. The summed E-state index contributed by atoms with van der Waals surface area (Å²) in [5.74, 6) is 1.46. The van der Waals surface area contributed by atoms with E-state index in [2.05, 4.69) is 11.6 Å². The molecule has 0 amide bonds. The van der Waals surface area contributed by atoms with E-state index in [4.69, 9.17) is 13.9 Å². The van der Waals surface area contributed by atoms with Crippen LogP contribution in [0.15, 0.2) is 74.5 Å². The summed E-state index contributed by atoms with van der Waals surface area (Å²) in [5.41, 5.74) is 1.30. The molecule has 1 aromatic carbocycles. The summed E-state index contributed by atoms with van der Waals surface area (Å²) in [6.45, 7) is 7.24. The average Bonchev–Trinajstić information content (AvgIpc) is 3.33. The second kappa shape index (κ2) is 8.84. The Morgan fingerprint density at radius 3 is 2.62 bits per heavy atom. The number of benzene rings is 1. The molecule has 0 unspecified atom stereocenters. The lowest BCUT2D eigenvalue weighted by Gasteiger charge is -2.24. The predicted octanol–water partition coefficient (Wildman–Crippen LogP) is 2.87. The van der Waals surface area contributed by atoms with Crippen molar-refractivity contribution in [3.8, 4) is 5.75 Å². The molecule has 3 heterocycles. The first-order valence-corrected chi connectivity index (χ1v) is 10.8. The highest BCUT2D eigenvalue weighted by Gasteiger charge is 2.33. The molecule has 4 rings (SSSR count). The van der Waals surface area contributed by atoms with E-state index in [0.717, 1.165) is 11.3 Å². The van der Waals surface area contributed by atoms with Crippen molar-refractivity contribution >= 4 is 23.4 Å². The van der Waals surface area contributed by atoms with Gasteiger partial charge < -0.3 is 13.9 Å². The molecule has 0 saturated heterocycles. The Bertz CT molecular complexity index is 1390. The van der Waals surface area contributed by atoms with Gasteiger partial charge in [-0.25, -0.2) is 9.79 Å². The van der Waals surface area contributed by atoms with Crippen LogP contribution in [0.4, 0.5) is 0 Å². The maximum absolute atomic E-state index is 13.4. The van der Waals surface area contributed by atoms with E-state index in [-0.39, 0.29) is 12.2 Å². The van der Waals surface area contributed by atoms with Crippen molar-refractivity contribution in [2.24, 2.45) is 4.99 Å². The fraction of sp³-hybridized carbons (Fsp3) is 0.208. The predicted molar refractivity (Wildman–Crippen MR) is 121 cm³/mol. The third-order valence-corrected chi connectivity index (χ3v) is 6.02. The quantitative estimate of drug-likeness (QED) is 0.426. The minimum absolute atomic E-state index is 0.0627. The van der Waals surface area contributed by atoms with Crippen molar-refractivity contribution in [3.05, 3.63) is 97.1 Å². The third-order valence-electron chi connectivity index (χ3n) is 5.04. The molecule has 0 bridgehead atoms. The number of thiazole rings is 1. The summed E-state index contributed by atoms with van der Waals surface area (Å²) < 4.78 is 18.2. The zero-order chi connectivity index (χ0) is 22.8. The van der Waals surface area contributed by atoms with Crippen LogP contribution < -0.4 is 19.6 Å². The molecule has 0 N–H and O–H groups in total. The van der Waals surface area contributed by atoms with Crippen LogP contribution in [0.3, 0.4) is 0 Å². The summed E-state index contributed by atoms with van der Waals surface area (Å²) in [6, 6.07) is 10.2. The summed E-state index contributed by atoms with van der Waals surface area (Å²) in [4.78, 5) is 31.5. The van der Waals surface area contributed by atoms with Crippen LogP contribution in [0.1, 0.15) is 30.0 Å². The van der Waals surface area contributed by atoms with Crippen LogP contribution in [0, 0.1) is 6.92 Å². The van der Waals surface area contributed by atoms with Gasteiger partial charge in [-0.1, -0.05) is 36.1 Å². The van der Waals surface area contributed by atoms with E-state index < -0.39 is 12.0 Å². The number of hydrogen-bond acceptors (Lipinski definition) is 7. The highest BCUT2D eigenvalue weighted by molar-refractivity contribution is 7.07. The van der Waals surface area contributed by atoms with Crippen LogP contribution in [0.25, 0.3) is 6.08 Å². The topological polar surface area (TPSA) is 83.0 Å². The molecule has 1 atom stereocenters. The van der Waals surface area contributed by atoms with Gasteiger partial charge in [0.15, 0.2) is 4.80 Å². The van der Waals surface area contributed by atoms with Crippen molar-refractivity contribution in [1.29, 1.82) is 0 Å². The molecule has 1 aliphatic heterocycles. The molecule has 0 fully saturated rings. The molecule has 0 spiro atoms. The number of ether oxygens (including phenoxy) is 2. The molecule has 3 aromatic rings. The van der Waals surface area contributed by atoms with Crippen LogP contribution in [0.2, 0.25) is 0 Å². The lowest BCUT2D eigenvalue weighted by atomic mass is 9.96. The normalized spacial score (nSPS) is 15.8. The monoisotopic (exact) mass is 450 g/mol. The number of aromatic nitrogens is 1. The first-order valence-electron chi connectivity index (χ1n) is 9.94.